The van der Waals surface area contributed by atoms with Crippen LogP contribution in [-0.2, 0) is 25.4 Å². The van der Waals surface area contributed by atoms with E-state index in [9.17, 15) is 24.9 Å². The summed E-state index contributed by atoms with van der Waals surface area (Å²) in [6.07, 6.45) is 4.64. The van der Waals surface area contributed by atoms with E-state index in [0.29, 0.717) is 41.8 Å². The summed E-state index contributed by atoms with van der Waals surface area (Å²) < 4.78 is 16.6. The van der Waals surface area contributed by atoms with E-state index in [4.69, 9.17) is 19.9 Å². The number of carbonyl (C=O) groups is 2. The van der Waals surface area contributed by atoms with Gasteiger partial charge in [0.2, 0.25) is 0 Å². The molecule has 1 aromatic carbocycles. The summed E-state index contributed by atoms with van der Waals surface area (Å²) in [6, 6.07) is 1.28. The molecule has 1 aliphatic heterocycles. The molecule has 0 aromatic heterocycles. The highest BCUT2D eigenvalue weighted by atomic mass is 16.6. The number of aromatic hydroxyl groups is 2. The maximum atomic E-state index is 13.0. The van der Waals surface area contributed by atoms with Crippen LogP contribution in [-0.4, -0.2) is 72.5 Å². The molecule has 0 radical (unpaired) electrons. The third-order valence-electron chi connectivity index (χ3n) is 7.25. The summed E-state index contributed by atoms with van der Waals surface area (Å²) in [6.45, 7) is 11.1. The Kier molecular flexibility index (Phi) is 13.1. The molecule has 11 heteroatoms. The van der Waals surface area contributed by atoms with Gasteiger partial charge in [0.25, 0.3) is 5.91 Å². The molecule has 42 heavy (non-hydrogen) atoms. The van der Waals surface area contributed by atoms with Gasteiger partial charge < -0.3 is 45.9 Å². The number of nitrogens with one attached hydrogen (secondary N) is 2. The van der Waals surface area contributed by atoms with Crippen LogP contribution in [0.3, 0.4) is 0 Å². The maximum Gasteiger partial charge on any atom is 0.405 e. The number of hydrogen-bond acceptors (Lipinski definition) is 9. The van der Waals surface area contributed by atoms with Gasteiger partial charge in [-0.25, -0.2) is 4.79 Å². The van der Waals surface area contributed by atoms with Gasteiger partial charge in [-0.15, -0.1) is 6.58 Å². The number of anilines is 2. The zero-order valence-electron chi connectivity index (χ0n) is 25.2. The second-order valence-corrected chi connectivity index (χ2v) is 10.6. The van der Waals surface area contributed by atoms with Crippen molar-refractivity contribution in [2.75, 3.05) is 31.4 Å². The first-order chi connectivity index (χ1) is 19.8. The average Bonchev–Trinajstić information content (AvgIpc) is 2.94. The molecule has 1 aliphatic rings. The number of carbonyl (C=O) groups excluding carboxylic acids is 2. The first-order valence-electron chi connectivity index (χ1n) is 13.8. The van der Waals surface area contributed by atoms with Crippen molar-refractivity contribution in [3.05, 3.63) is 59.7 Å². The van der Waals surface area contributed by atoms with E-state index in [-0.39, 0.29) is 23.1 Å². The second kappa shape index (κ2) is 16.0. The van der Waals surface area contributed by atoms with Crippen LogP contribution in [0.5, 0.6) is 11.5 Å². The summed E-state index contributed by atoms with van der Waals surface area (Å²) in [5.41, 5.74) is 7.01. The van der Waals surface area contributed by atoms with Crippen molar-refractivity contribution in [1.29, 1.82) is 0 Å². The molecule has 3 unspecified atom stereocenters. The second-order valence-electron chi connectivity index (χ2n) is 10.6. The molecular weight excluding hydrogens is 542 g/mol. The van der Waals surface area contributed by atoms with Crippen molar-refractivity contribution < 1.29 is 39.1 Å². The average molecular weight is 588 g/mol. The number of rotatable bonds is 6. The lowest BCUT2D eigenvalue weighted by Crippen LogP contribution is -2.37. The van der Waals surface area contributed by atoms with Gasteiger partial charge in [-0.05, 0) is 38.2 Å². The molecule has 2 amide bonds. The van der Waals surface area contributed by atoms with Gasteiger partial charge in [-0.3, -0.25) is 4.79 Å². The van der Waals surface area contributed by atoms with Gasteiger partial charge >= 0.3 is 6.09 Å². The van der Waals surface area contributed by atoms with Crippen LogP contribution in [0.25, 0.3) is 0 Å². The Balaban J connectivity index is 2.67. The summed E-state index contributed by atoms with van der Waals surface area (Å²) in [5.74, 6) is -1.41. The molecule has 0 aliphatic carbocycles. The van der Waals surface area contributed by atoms with Crippen LogP contribution < -0.4 is 16.4 Å². The number of primary amides is 1. The first kappa shape index (κ1) is 34.4. The van der Waals surface area contributed by atoms with Crippen molar-refractivity contribution in [3.8, 4) is 11.5 Å². The van der Waals surface area contributed by atoms with Gasteiger partial charge in [0.15, 0.2) is 6.10 Å². The van der Waals surface area contributed by atoms with E-state index in [1.165, 1.54) is 26.4 Å². The monoisotopic (exact) mass is 587 g/mol. The summed E-state index contributed by atoms with van der Waals surface area (Å²) in [7, 11) is 2.95. The maximum absolute atomic E-state index is 13.0. The van der Waals surface area contributed by atoms with Gasteiger partial charge in [0.1, 0.15) is 17.6 Å². The number of allylic oxidation sites excluding steroid dienone is 2. The van der Waals surface area contributed by atoms with E-state index in [1.807, 2.05) is 13.8 Å². The normalized spacial score (nSPS) is 29.3. The Morgan fingerprint density at radius 3 is 2.52 bits per heavy atom. The third kappa shape index (κ3) is 9.10. The lowest BCUT2D eigenvalue weighted by atomic mass is 9.87. The van der Waals surface area contributed by atoms with Crippen molar-refractivity contribution in [2.24, 2.45) is 17.6 Å². The van der Waals surface area contributed by atoms with Gasteiger partial charge in [-0.2, -0.15) is 0 Å². The molecule has 0 fully saturated rings. The number of aliphatic hydroxyl groups excluding tert-OH is 1. The lowest BCUT2D eigenvalue weighted by Gasteiger charge is -2.29. The predicted molar refractivity (Wildman–Crippen MR) is 162 cm³/mol. The third-order valence-corrected chi connectivity index (χ3v) is 7.25. The highest BCUT2D eigenvalue weighted by Crippen LogP contribution is 2.42. The van der Waals surface area contributed by atoms with Gasteiger partial charge in [0, 0.05) is 43.9 Å². The minimum atomic E-state index is -0.990. The molecule has 0 saturated heterocycles. The lowest BCUT2D eigenvalue weighted by molar-refractivity contribution is -0.112. The largest absolute Gasteiger partial charge is 0.506 e. The molecule has 0 spiro atoms. The van der Waals surface area contributed by atoms with Crippen LogP contribution in [0.1, 0.15) is 39.7 Å². The van der Waals surface area contributed by atoms with Crippen LogP contribution in [0.2, 0.25) is 0 Å². The number of nitrogens with two attached hydrogens (primary N) is 1. The first-order valence-corrected chi connectivity index (χ1v) is 13.8. The van der Waals surface area contributed by atoms with E-state index < -0.39 is 42.3 Å². The number of benzene rings is 1. The van der Waals surface area contributed by atoms with Crippen LogP contribution >= 0.6 is 0 Å². The Hall–Kier alpha value is -3.80. The van der Waals surface area contributed by atoms with Crippen molar-refractivity contribution >= 4 is 23.4 Å². The number of phenols is 2. The number of ether oxygens (including phenoxy) is 3. The predicted octanol–water partition coefficient (Wildman–Crippen LogP) is 4.16. The molecule has 2 rings (SSSR count). The van der Waals surface area contributed by atoms with Crippen molar-refractivity contribution in [1.82, 2.24) is 0 Å². The molecular formula is C31H45N3O8. The van der Waals surface area contributed by atoms with Crippen LogP contribution in [0, 0.1) is 11.8 Å². The number of phenolic OH excluding ortho intramolecular Hbond substituents is 2. The Labute approximate surface area is 247 Å². The molecule has 2 bridgehead atoms. The Bertz CT molecular complexity index is 1210. The van der Waals surface area contributed by atoms with Crippen molar-refractivity contribution in [3.63, 3.8) is 0 Å². The molecule has 0 saturated carbocycles. The summed E-state index contributed by atoms with van der Waals surface area (Å²) in [5, 5.41) is 39.1. The van der Waals surface area contributed by atoms with E-state index >= 15 is 0 Å². The SMILES string of the molecule is C=CCNc1c(O)cc2c(O)c1C[C@@H](C)CC(OC)[C@H](O)[C@@H](C)/C=C(\C)C(OC(N)=O)C(OC)/C=C\C=C(/C)C(=O)N2. The molecule has 1 heterocycles. The molecule has 11 nitrogen and oxygen atoms in total. The fraction of sp³-hybridized carbons (Fsp3) is 0.484. The van der Waals surface area contributed by atoms with E-state index in [1.54, 1.807) is 38.2 Å². The Morgan fingerprint density at radius 2 is 1.93 bits per heavy atom. The van der Waals surface area contributed by atoms with Crippen LogP contribution in [0.4, 0.5) is 16.2 Å². The minimum Gasteiger partial charge on any atom is -0.506 e. The zero-order valence-corrected chi connectivity index (χ0v) is 25.2. The van der Waals surface area contributed by atoms with Gasteiger partial charge in [0.05, 0.1) is 23.6 Å². The van der Waals surface area contributed by atoms with Gasteiger partial charge in [-0.1, -0.05) is 44.2 Å². The fourth-order valence-corrected chi connectivity index (χ4v) is 4.98. The number of amides is 2. The highest BCUT2D eigenvalue weighted by molar-refractivity contribution is 6.04. The molecule has 232 valence electrons. The fourth-order valence-electron chi connectivity index (χ4n) is 4.98. The number of hydrogen-bond donors (Lipinski definition) is 6. The molecule has 1 aromatic rings. The van der Waals surface area contributed by atoms with E-state index in [2.05, 4.69) is 17.2 Å². The number of methoxy groups -OCH3 is 2. The summed E-state index contributed by atoms with van der Waals surface area (Å²) >= 11 is 0. The molecule has 6 atom stereocenters. The number of fused-ring (bicyclic) bond motifs is 2. The van der Waals surface area contributed by atoms with Crippen molar-refractivity contribution in [2.45, 2.75) is 65.0 Å². The topological polar surface area (TPSA) is 173 Å². The number of aliphatic hydroxyl groups is 1. The van der Waals surface area contributed by atoms with Crippen LogP contribution in [0.15, 0.2) is 54.2 Å². The minimum absolute atomic E-state index is 0.0416. The highest BCUT2D eigenvalue weighted by Gasteiger charge is 2.30. The summed E-state index contributed by atoms with van der Waals surface area (Å²) in [4.78, 5) is 24.7. The quantitative estimate of drug-likeness (QED) is 0.162. The van der Waals surface area contributed by atoms with E-state index in [0.717, 1.165) is 0 Å². The Morgan fingerprint density at radius 1 is 1.24 bits per heavy atom. The zero-order chi connectivity index (χ0) is 31.6. The standard InChI is InChI=1S/C31H45N3O8/c1-8-12-33-26-21-13-17(2)14-25(41-7)27(36)19(4)15-20(5)29(42-31(32)39)24(40-6)11-9-10-18(3)30(38)34-22(28(21)37)16-23(26)35/h8-11,15-17,19,24-25,27,29,33,35-37H,1,12-14H2,2-7H3,(H2,32,39)(H,34,38)/b11-9-,18-10+,20-15+/t17-,19+,24?,25?,27-,29?/m1/s1. The molecule has 7 N–H and O–H groups in total. The smallest absolute Gasteiger partial charge is 0.405 e.